The number of aliphatic hydroxyl groups excluding tert-OH is 1. The average Bonchev–Trinajstić information content (AvgIpc) is 2.29. The number of rotatable bonds is 3. The summed E-state index contributed by atoms with van der Waals surface area (Å²) in [5.41, 5.74) is 0. The third kappa shape index (κ3) is 4.27. The number of nitrogens with one attached hydrogen (secondary N) is 2. The summed E-state index contributed by atoms with van der Waals surface area (Å²) in [6.07, 6.45) is 8.59. The zero-order chi connectivity index (χ0) is 11.8. The molecule has 0 aromatic heterocycles. The molecule has 0 saturated carbocycles. The lowest BCUT2D eigenvalue weighted by molar-refractivity contribution is 0.0946. The van der Waals surface area contributed by atoms with E-state index in [2.05, 4.69) is 5.32 Å². The van der Waals surface area contributed by atoms with Crippen molar-refractivity contribution in [2.24, 2.45) is 0 Å². The van der Waals surface area contributed by atoms with Crippen LogP contribution in [-0.2, 0) is 0 Å². The Balaban J connectivity index is 2.27. The molecule has 2 amide bonds. The first-order valence-corrected chi connectivity index (χ1v) is 5.30. The molecule has 1 saturated heterocycles. The van der Waals surface area contributed by atoms with Crippen molar-refractivity contribution in [1.29, 1.82) is 5.41 Å². The van der Waals surface area contributed by atoms with E-state index in [0.717, 1.165) is 6.21 Å². The number of nitrogens with zero attached hydrogens (tertiary/aromatic N) is 1. The van der Waals surface area contributed by atoms with E-state index in [0.29, 0.717) is 25.9 Å². The molecule has 0 aliphatic carbocycles. The summed E-state index contributed by atoms with van der Waals surface area (Å²) >= 11 is 0. The highest BCUT2D eigenvalue weighted by Crippen LogP contribution is 2.09. The minimum Gasteiger partial charge on any atom is -0.393 e. The fraction of sp³-hybridized carbons (Fsp3) is 0.455. The number of hydrogen-bond donors (Lipinski definition) is 3. The molecule has 16 heavy (non-hydrogen) atoms. The normalized spacial score (nSPS) is 18.2. The highest BCUT2D eigenvalue weighted by molar-refractivity contribution is 5.75. The topological polar surface area (TPSA) is 76.4 Å². The predicted molar refractivity (Wildman–Crippen MR) is 62.4 cm³/mol. The smallest absolute Gasteiger partial charge is 0.321 e. The molecule has 3 N–H and O–H groups in total. The van der Waals surface area contributed by atoms with E-state index in [1.165, 1.54) is 6.20 Å². The van der Waals surface area contributed by atoms with Crippen LogP contribution in [0.15, 0.2) is 24.4 Å². The zero-order valence-corrected chi connectivity index (χ0v) is 9.10. The molecule has 5 nitrogen and oxygen atoms in total. The molecule has 1 rings (SSSR count). The van der Waals surface area contributed by atoms with Crippen LogP contribution in [0.5, 0.6) is 0 Å². The van der Waals surface area contributed by atoms with Crippen molar-refractivity contribution in [1.82, 2.24) is 10.2 Å². The second kappa shape index (κ2) is 6.79. The van der Waals surface area contributed by atoms with Gasteiger partial charge in [0.1, 0.15) is 0 Å². The molecule has 88 valence electrons. The summed E-state index contributed by atoms with van der Waals surface area (Å²) in [6.45, 7) is 1.19. The Labute approximate surface area is 95.0 Å². The van der Waals surface area contributed by atoms with Crippen molar-refractivity contribution in [2.75, 3.05) is 13.1 Å². The van der Waals surface area contributed by atoms with Crippen LogP contribution in [0.25, 0.3) is 0 Å². The van der Waals surface area contributed by atoms with E-state index in [-0.39, 0.29) is 12.1 Å². The van der Waals surface area contributed by atoms with E-state index in [4.69, 9.17) is 5.41 Å². The molecule has 0 radical (unpaired) electrons. The number of hydrogen-bond acceptors (Lipinski definition) is 3. The van der Waals surface area contributed by atoms with E-state index < -0.39 is 0 Å². The molecule has 0 aromatic carbocycles. The molecule has 1 aliphatic heterocycles. The maximum absolute atomic E-state index is 11.6. The molecule has 0 aromatic rings. The Bertz CT molecular complexity index is 292. The van der Waals surface area contributed by atoms with Gasteiger partial charge in [-0.15, -0.1) is 0 Å². The molecule has 1 heterocycles. The van der Waals surface area contributed by atoms with Crippen molar-refractivity contribution in [3.05, 3.63) is 24.4 Å². The van der Waals surface area contributed by atoms with Gasteiger partial charge in [0.05, 0.1) is 6.10 Å². The van der Waals surface area contributed by atoms with E-state index in [1.807, 2.05) is 0 Å². The van der Waals surface area contributed by atoms with Crippen molar-refractivity contribution in [3.63, 3.8) is 0 Å². The largest absolute Gasteiger partial charge is 0.393 e. The van der Waals surface area contributed by atoms with Crippen LogP contribution >= 0.6 is 0 Å². The maximum atomic E-state index is 11.6. The van der Waals surface area contributed by atoms with Crippen LogP contribution in [0.2, 0.25) is 0 Å². The summed E-state index contributed by atoms with van der Waals surface area (Å²) in [7, 11) is 0. The Morgan fingerprint density at radius 2 is 2.00 bits per heavy atom. The summed E-state index contributed by atoms with van der Waals surface area (Å²) in [4.78, 5) is 13.2. The Morgan fingerprint density at radius 1 is 1.31 bits per heavy atom. The third-order valence-corrected chi connectivity index (χ3v) is 2.37. The fourth-order valence-corrected chi connectivity index (χ4v) is 1.45. The summed E-state index contributed by atoms with van der Waals surface area (Å²) in [6, 6.07) is -0.147. The quantitative estimate of drug-likeness (QED) is 0.490. The Hall–Kier alpha value is -1.62. The van der Waals surface area contributed by atoms with Gasteiger partial charge in [-0.05, 0) is 25.0 Å². The first-order valence-electron chi connectivity index (χ1n) is 5.30. The lowest BCUT2D eigenvalue weighted by Crippen LogP contribution is -2.43. The highest BCUT2D eigenvalue weighted by atomic mass is 16.3. The van der Waals surface area contributed by atoms with Gasteiger partial charge in [-0.3, -0.25) is 0 Å². The first kappa shape index (κ1) is 12.4. The SMILES string of the molecule is N=C/C=C\C=C\NC(=O)N1CCC(O)CC1. The van der Waals surface area contributed by atoms with Gasteiger partial charge in [-0.25, -0.2) is 4.79 Å². The molecule has 0 bridgehead atoms. The number of piperidine rings is 1. The number of likely N-dealkylation sites (tertiary alicyclic amines) is 1. The molecule has 5 heteroatoms. The second-order valence-electron chi connectivity index (χ2n) is 3.58. The molecule has 1 aliphatic rings. The summed E-state index contributed by atoms with van der Waals surface area (Å²) in [5.74, 6) is 0. The van der Waals surface area contributed by atoms with Gasteiger partial charge in [-0.1, -0.05) is 6.08 Å². The monoisotopic (exact) mass is 223 g/mol. The molecule has 0 atom stereocenters. The zero-order valence-electron chi connectivity index (χ0n) is 9.10. The number of carbonyl (C=O) groups excluding carboxylic acids is 1. The van der Waals surface area contributed by atoms with Crippen molar-refractivity contribution < 1.29 is 9.90 Å². The van der Waals surface area contributed by atoms with Crippen molar-refractivity contribution >= 4 is 12.2 Å². The van der Waals surface area contributed by atoms with Gasteiger partial charge in [0.15, 0.2) is 0 Å². The molecular weight excluding hydrogens is 206 g/mol. The van der Waals surface area contributed by atoms with Crippen LogP contribution in [0, 0.1) is 5.41 Å². The fourth-order valence-electron chi connectivity index (χ4n) is 1.45. The van der Waals surface area contributed by atoms with E-state index in [1.54, 1.807) is 23.1 Å². The van der Waals surface area contributed by atoms with Gasteiger partial charge >= 0.3 is 6.03 Å². The standard InChI is InChI=1S/C11H17N3O2/c12-6-2-1-3-7-13-11(16)14-8-4-10(15)5-9-14/h1-3,6-7,10,12,15H,4-5,8-9H2,(H,13,16)/b2-1-,7-3+,12-6?. The molecule has 1 fully saturated rings. The average molecular weight is 223 g/mol. The Kier molecular flexibility index (Phi) is 5.28. The highest BCUT2D eigenvalue weighted by Gasteiger charge is 2.20. The number of allylic oxidation sites excluding steroid dienone is 3. The van der Waals surface area contributed by atoms with Crippen LogP contribution in [-0.4, -0.2) is 41.4 Å². The van der Waals surface area contributed by atoms with Crippen molar-refractivity contribution in [3.8, 4) is 0 Å². The maximum Gasteiger partial charge on any atom is 0.321 e. The Morgan fingerprint density at radius 3 is 2.62 bits per heavy atom. The number of carbonyl (C=O) groups is 1. The second-order valence-corrected chi connectivity index (χ2v) is 3.58. The van der Waals surface area contributed by atoms with Crippen molar-refractivity contribution in [2.45, 2.75) is 18.9 Å². The number of amides is 2. The van der Waals surface area contributed by atoms with Gasteiger partial charge in [0, 0.05) is 25.5 Å². The van der Waals surface area contributed by atoms with Gasteiger partial charge in [0.2, 0.25) is 0 Å². The summed E-state index contributed by atoms with van der Waals surface area (Å²) < 4.78 is 0. The number of aliphatic hydroxyl groups is 1. The van der Waals surface area contributed by atoms with Crippen LogP contribution in [0.3, 0.4) is 0 Å². The molecule has 0 unspecified atom stereocenters. The lowest BCUT2D eigenvalue weighted by atomic mass is 10.1. The van der Waals surface area contributed by atoms with E-state index >= 15 is 0 Å². The molecule has 0 spiro atoms. The van der Waals surface area contributed by atoms with Crippen LogP contribution < -0.4 is 5.32 Å². The van der Waals surface area contributed by atoms with Gasteiger partial charge in [0.25, 0.3) is 0 Å². The number of urea groups is 1. The van der Waals surface area contributed by atoms with Gasteiger partial charge in [-0.2, -0.15) is 0 Å². The first-order chi connectivity index (χ1) is 7.74. The van der Waals surface area contributed by atoms with Gasteiger partial charge < -0.3 is 20.7 Å². The van der Waals surface area contributed by atoms with Crippen LogP contribution in [0.1, 0.15) is 12.8 Å². The predicted octanol–water partition coefficient (Wildman–Crippen LogP) is 0.872. The lowest BCUT2D eigenvalue weighted by Gasteiger charge is -2.29. The molecular formula is C11H17N3O2. The van der Waals surface area contributed by atoms with Crippen LogP contribution in [0.4, 0.5) is 4.79 Å². The minimum atomic E-state index is -0.268. The summed E-state index contributed by atoms with van der Waals surface area (Å²) in [5, 5.41) is 18.6. The third-order valence-electron chi connectivity index (χ3n) is 2.37. The minimum absolute atomic E-state index is 0.147. The van der Waals surface area contributed by atoms with E-state index in [9.17, 15) is 9.90 Å².